The van der Waals surface area contributed by atoms with Crippen LogP contribution in [0.3, 0.4) is 0 Å². The Morgan fingerprint density at radius 2 is 1.94 bits per heavy atom. The van der Waals surface area contributed by atoms with Gasteiger partial charge in [0.05, 0.1) is 0 Å². The van der Waals surface area contributed by atoms with E-state index in [1.807, 2.05) is 0 Å². The zero-order valence-electron chi connectivity index (χ0n) is 11.0. The van der Waals surface area contributed by atoms with Crippen LogP contribution >= 0.6 is 0 Å². The first kappa shape index (κ1) is 11.1. The van der Waals surface area contributed by atoms with Crippen molar-refractivity contribution in [2.24, 2.45) is 41.4 Å². The van der Waals surface area contributed by atoms with Crippen LogP contribution in [0.5, 0.6) is 0 Å². The zero-order valence-corrected chi connectivity index (χ0v) is 11.0. The average Bonchev–Trinajstić information content (AvgIpc) is 2.97. The van der Waals surface area contributed by atoms with Crippen LogP contribution in [-0.2, 0) is 4.74 Å². The summed E-state index contributed by atoms with van der Waals surface area (Å²) in [5.41, 5.74) is 0. The lowest BCUT2D eigenvalue weighted by Crippen LogP contribution is -2.31. The molecule has 1 saturated heterocycles. The van der Waals surface area contributed by atoms with Gasteiger partial charge >= 0.3 is 0 Å². The van der Waals surface area contributed by atoms with Gasteiger partial charge in [0, 0.05) is 13.2 Å². The van der Waals surface area contributed by atoms with Crippen LogP contribution in [0.1, 0.15) is 40.0 Å². The van der Waals surface area contributed by atoms with Gasteiger partial charge in [0.25, 0.3) is 0 Å². The molecule has 1 nitrogen and oxygen atoms in total. The maximum Gasteiger partial charge on any atom is 0.0497 e. The molecule has 0 N–H and O–H groups in total. The quantitative estimate of drug-likeness (QED) is 0.694. The van der Waals surface area contributed by atoms with Gasteiger partial charge < -0.3 is 4.74 Å². The van der Waals surface area contributed by atoms with E-state index in [9.17, 15) is 0 Å². The molecule has 16 heavy (non-hydrogen) atoms. The van der Waals surface area contributed by atoms with Crippen molar-refractivity contribution >= 4 is 0 Å². The molecule has 3 fully saturated rings. The lowest BCUT2D eigenvalue weighted by atomic mass is 9.68. The standard InChI is InChI=1S/C15H26O/c1-9-10(2)14-6-13(9)7-15(14)11(3)12-4-5-16-8-12/h9-15H,4-8H2,1-3H3. The van der Waals surface area contributed by atoms with Gasteiger partial charge in [-0.2, -0.15) is 0 Å². The van der Waals surface area contributed by atoms with Gasteiger partial charge in [-0.15, -0.1) is 0 Å². The van der Waals surface area contributed by atoms with E-state index in [0.717, 1.165) is 54.6 Å². The van der Waals surface area contributed by atoms with Gasteiger partial charge in [-0.3, -0.25) is 0 Å². The molecule has 0 spiro atoms. The van der Waals surface area contributed by atoms with Gasteiger partial charge in [-0.25, -0.2) is 0 Å². The summed E-state index contributed by atoms with van der Waals surface area (Å²) in [6.45, 7) is 9.54. The molecule has 2 saturated carbocycles. The summed E-state index contributed by atoms with van der Waals surface area (Å²) in [6, 6.07) is 0. The average molecular weight is 222 g/mol. The topological polar surface area (TPSA) is 9.23 Å². The number of hydrogen-bond donors (Lipinski definition) is 0. The molecule has 7 unspecified atom stereocenters. The van der Waals surface area contributed by atoms with Gasteiger partial charge in [-0.1, -0.05) is 20.8 Å². The summed E-state index contributed by atoms with van der Waals surface area (Å²) in [4.78, 5) is 0. The molecule has 2 aliphatic carbocycles. The normalized spacial score (nSPS) is 53.4. The van der Waals surface area contributed by atoms with Gasteiger partial charge in [0.1, 0.15) is 0 Å². The lowest BCUT2D eigenvalue weighted by molar-refractivity contribution is 0.100. The highest BCUT2D eigenvalue weighted by Gasteiger charge is 2.51. The Bertz CT molecular complexity index is 254. The van der Waals surface area contributed by atoms with Gasteiger partial charge in [0.2, 0.25) is 0 Å². The van der Waals surface area contributed by atoms with Crippen LogP contribution in [0, 0.1) is 41.4 Å². The minimum Gasteiger partial charge on any atom is -0.381 e. The second-order valence-corrected chi connectivity index (χ2v) is 6.76. The second-order valence-electron chi connectivity index (χ2n) is 6.76. The SMILES string of the molecule is CC1C2CC(C(C)C3CCOC3)C(C2)C1C. The molecule has 3 rings (SSSR count). The Morgan fingerprint density at radius 3 is 2.50 bits per heavy atom. The first-order valence-corrected chi connectivity index (χ1v) is 7.26. The number of rotatable bonds is 2. The van der Waals surface area contributed by atoms with E-state index in [-0.39, 0.29) is 0 Å². The summed E-state index contributed by atoms with van der Waals surface area (Å²) in [5.74, 6) is 6.86. The highest BCUT2D eigenvalue weighted by atomic mass is 16.5. The Kier molecular flexibility index (Phi) is 2.78. The van der Waals surface area contributed by atoms with Crippen LogP contribution in [-0.4, -0.2) is 13.2 Å². The van der Waals surface area contributed by atoms with Gasteiger partial charge in [0.15, 0.2) is 0 Å². The van der Waals surface area contributed by atoms with E-state index < -0.39 is 0 Å². The minimum atomic E-state index is 0.867. The molecule has 1 aliphatic heterocycles. The third kappa shape index (κ3) is 1.54. The van der Waals surface area contributed by atoms with Crippen molar-refractivity contribution in [3.05, 3.63) is 0 Å². The smallest absolute Gasteiger partial charge is 0.0497 e. The Labute approximate surface area is 99.9 Å². The molecule has 0 amide bonds. The first-order valence-electron chi connectivity index (χ1n) is 7.26. The van der Waals surface area contributed by atoms with Crippen LogP contribution in [0.15, 0.2) is 0 Å². The largest absolute Gasteiger partial charge is 0.381 e. The molecule has 0 aromatic heterocycles. The minimum absolute atomic E-state index is 0.867. The first-order chi connectivity index (χ1) is 7.68. The fourth-order valence-corrected chi connectivity index (χ4v) is 4.92. The third-order valence-electron chi connectivity index (χ3n) is 6.33. The molecule has 2 bridgehead atoms. The molecular formula is C15H26O. The van der Waals surface area contributed by atoms with Crippen molar-refractivity contribution in [2.75, 3.05) is 13.2 Å². The monoisotopic (exact) mass is 222 g/mol. The van der Waals surface area contributed by atoms with Crippen molar-refractivity contribution in [3.63, 3.8) is 0 Å². The summed E-state index contributed by atoms with van der Waals surface area (Å²) >= 11 is 0. The molecule has 1 heterocycles. The fourth-order valence-electron chi connectivity index (χ4n) is 4.92. The summed E-state index contributed by atoms with van der Waals surface area (Å²) in [5, 5.41) is 0. The molecule has 0 aromatic rings. The maximum atomic E-state index is 5.57. The van der Waals surface area contributed by atoms with E-state index in [1.54, 1.807) is 0 Å². The Hall–Kier alpha value is -0.0400. The maximum absolute atomic E-state index is 5.57. The van der Waals surface area contributed by atoms with Crippen molar-refractivity contribution in [3.8, 4) is 0 Å². The van der Waals surface area contributed by atoms with E-state index in [1.165, 1.54) is 19.3 Å². The summed E-state index contributed by atoms with van der Waals surface area (Å²) in [6.07, 6.45) is 4.37. The predicted molar refractivity (Wildman–Crippen MR) is 66.1 cm³/mol. The molecule has 0 radical (unpaired) electrons. The van der Waals surface area contributed by atoms with Crippen LogP contribution in [0.25, 0.3) is 0 Å². The summed E-state index contributed by atoms with van der Waals surface area (Å²) < 4.78 is 5.57. The van der Waals surface area contributed by atoms with Crippen LogP contribution in [0.2, 0.25) is 0 Å². The fraction of sp³-hybridized carbons (Fsp3) is 1.00. The van der Waals surface area contributed by atoms with Crippen molar-refractivity contribution in [1.29, 1.82) is 0 Å². The van der Waals surface area contributed by atoms with Crippen LogP contribution in [0.4, 0.5) is 0 Å². The second kappa shape index (κ2) is 4.01. The highest BCUT2D eigenvalue weighted by Crippen LogP contribution is 2.58. The number of hydrogen-bond acceptors (Lipinski definition) is 1. The number of fused-ring (bicyclic) bond motifs is 2. The predicted octanol–water partition coefficient (Wildman–Crippen LogP) is 3.59. The van der Waals surface area contributed by atoms with Crippen molar-refractivity contribution in [2.45, 2.75) is 40.0 Å². The third-order valence-corrected chi connectivity index (χ3v) is 6.33. The van der Waals surface area contributed by atoms with E-state index in [4.69, 9.17) is 4.74 Å². The van der Waals surface area contributed by atoms with E-state index in [0.29, 0.717) is 0 Å². The number of ether oxygens (including phenoxy) is 1. The lowest BCUT2D eigenvalue weighted by Gasteiger charge is -2.37. The molecule has 92 valence electrons. The molecule has 0 aromatic carbocycles. The van der Waals surface area contributed by atoms with E-state index >= 15 is 0 Å². The molecule has 7 atom stereocenters. The molecule has 1 heteroatoms. The van der Waals surface area contributed by atoms with Crippen LogP contribution < -0.4 is 0 Å². The van der Waals surface area contributed by atoms with Crippen molar-refractivity contribution in [1.82, 2.24) is 0 Å². The van der Waals surface area contributed by atoms with Crippen molar-refractivity contribution < 1.29 is 4.74 Å². The van der Waals surface area contributed by atoms with Gasteiger partial charge in [-0.05, 0) is 60.7 Å². The highest BCUT2D eigenvalue weighted by molar-refractivity contribution is 4.99. The molecular weight excluding hydrogens is 196 g/mol. The Balaban J connectivity index is 1.68. The Morgan fingerprint density at radius 1 is 1.12 bits per heavy atom. The molecule has 3 aliphatic rings. The summed E-state index contributed by atoms with van der Waals surface area (Å²) in [7, 11) is 0. The van der Waals surface area contributed by atoms with E-state index in [2.05, 4.69) is 20.8 Å². The zero-order chi connectivity index (χ0) is 11.3.